The number of aryl methyl sites for hydroxylation is 1. The minimum Gasteiger partial charge on any atom is -0.398 e. The number of aliphatic hydroxyl groups is 1. The number of sulfonamides is 1. The van der Waals surface area contributed by atoms with Crippen LogP contribution in [0.2, 0.25) is 0 Å². The second-order valence-electron chi connectivity index (χ2n) is 5.47. The number of nitrogen functional groups attached to an aromatic ring is 1. The van der Waals surface area contributed by atoms with Gasteiger partial charge in [-0.25, -0.2) is 13.1 Å². The van der Waals surface area contributed by atoms with Crippen LogP contribution < -0.4 is 10.5 Å². The molecule has 0 radical (unpaired) electrons. The van der Waals surface area contributed by atoms with Crippen LogP contribution in [0.15, 0.2) is 17.0 Å². The Labute approximate surface area is 127 Å². The van der Waals surface area contributed by atoms with Gasteiger partial charge in [0.2, 0.25) is 10.0 Å². The van der Waals surface area contributed by atoms with Crippen LogP contribution in [-0.4, -0.2) is 26.7 Å². The topological polar surface area (TPSA) is 92.4 Å². The maximum atomic E-state index is 12.3. The molecular formula is C15H26N2O3S. The summed E-state index contributed by atoms with van der Waals surface area (Å²) in [5.41, 5.74) is 8.08. The quantitative estimate of drug-likeness (QED) is 0.640. The Morgan fingerprint density at radius 2 is 1.95 bits per heavy atom. The molecule has 1 aromatic rings. The molecule has 120 valence electrons. The van der Waals surface area contributed by atoms with Crippen LogP contribution in [-0.2, 0) is 10.0 Å². The summed E-state index contributed by atoms with van der Waals surface area (Å²) in [7, 11) is -3.57. The van der Waals surface area contributed by atoms with Crippen molar-refractivity contribution >= 4 is 15.7 Å². The van der Waals surface area contributed by atoms with Crippen molar-refractivity contribution in [2.75, 3.05) is 18.9 Å². The molecule has 0 fully saturated rings. The third-order valence-corrected chi connectivity index (χ3v) is 5.19. The van der Waals surface area contributed by atoms with Crippen molar-refractivity contribution in [1.29, 1.82) is 0 Å². The summed E-state index contributed by atoms with van der Waals surface area (Å²) in [4.78, 5) is 0.197. The lowest BCUT2D eigenvalue weighted by Gasteiger charge is -2.16. The zero-order valence-electron chi connectivity index (χ0n) is 13.0. The highest BCUT2D eigenvalue weighted by Gasteiger charge is 2.18. The predicted molar refractivity (Wildman–Crippen MR) is 85.6 cm³/mol. The molecule has 0 aliphatic rings. The van der Waals surface area contributed by atoms with Gasteiger partial charge in [0.1, 0.15) is 0 Å². The minimum absolute atomic E-state index is 0.0724. The highest BCUT2D eigenvalue weighted by atomic mass is 32.2. The summed E-state index contributed by atoms with van der Waals surface area (Å²) in [5.74, 6) is 0.152. The van der Waals surface area contributed by atoms with Gasteiger partial charge in [-0.05, 0) is 55.9 Å². The number of rotatable bonds is 8. The number of benzene rings is 1. The van der Waals surface area contributed by atoms with Gasteiger partial charge < -0.3 is 10.8 Å². The monoisotopic (exact) mass is 314 g/mol. The lowest BCUT2D eigenvalue weighted by atomic mass is 10.0. The predicted octanol–water partition coefficient (Wildman–Crippen LogP) is 1.96. The lowest BCUT2D eigenvalue weighted by Crippen LogP contribution is -2.30. The molecule has 5 nitrogen and oxygen atoms in total. The van der Waals surface area contributed by atoms with Crippen LogP contribution >= 0.6 is 0 Å². The molecule has 0 spiro atoms. The van der Waals surface area contributed by atoms with Gasteiger partial charge in [0.05, 0.1) is 4.90 Å². The number of nitrogens with one attached hydrogen (secondary N) is 1. The van der Waals surface area contributed by atoms with Crippen LogP contribution in [0, 0.1) is 19.8 Å². The van der Waals surface area contributed by atoms with Gasteiger partial charge in [-0.15, -0.1) is 0 Å². The fraction of sp³-hybridized carbons (Fsp3) is 0.600. The second kappa shape index (κ2) is 7.77. The zero-order chi connectivity index (χ0) is 16.0. The number of hydrogen-bond donors (Lipinski definition) is 3. The van der Waals surface area contributed by atoms with E-state index in [9.17, 15) is 8.42 Å². The van der Waals surface area contributed by atoms with E-state index >= 15 is 0 Å². The van der Waals surface area contributed by atoms with Crippen molar-refractivity contribution < 1.29 is 13.5 Å². The summed E-state index contributed by atoms with van der Waals surface area (Å²) < 4.78 is 27.3. The average molecular weight is 314 g/mol. The first-order chi connectivity index (χ1) is 9.81. The Kier molecular flexibility index (Phi) is 6.64. The molecule has 21 heavy (non-hydrogen) atoms. The number of nitrogens with two attached hydrogens (primary N) is 1. The maximum Gasteiger partial charge on any atom is 0.240 e. The molecule has 1 atom stereocenters. The summed E-state index contributed by atoms with van der Waals surface area (Å²) in [6.07, 6.45) is 2.45. The van der Waals surface area contributed by atoms with E-state index in [0.29, 0.717) is 18.7 Å². The van der Waals surface area contributed by atoms with Crippen molar-refractivity contribution in [3.63, 3.8) is 0 Å². The molecule has 1 rings (SSSR count). The van der Waals surface area contributed by atoms with Gasteiger partial charge in [0, 0.05) is 18.8 Å². The zero-order valence-corrected chi connectivity index (χ0v) is 13.8. The van der Waals surface area contributed by atoms with E-state index in [-0.39, 0.29) is 17.4 Å². The average Bonchev–Trinajstić information content (AvgIpc) is 2.42. The first-order valence-corrected chi connectivity index (χ1v) is 8.77. The Morgan fingerprint density at radius 1 is 1.29 bits per heavy atom. The fourth-order valence-electron chi connectivity index (χ4n) is 2.26. The standard InChI is InChI=1S/C15H26N2O3S/c1-4-5-13(6-7-18)10-17-21(19,20)14-8-11(2)12(3)15(16)9-14/h8-9,13,17-18H,4-7,10,16H2,1-3H3. The van der Waals surface area contributed by atoms with E-state index in [1.807, 2.05) is 20.8 Å². The Bertz CT molecular complexity index is 541. The molecule has 6 heteroatoms. The molecule has 0 bridgehead atoms. The Morgan fingerprint density at radius 3 is 2.48 bits per heavy atom. The van der Waals surface area contributed by atoms with Crippen LogP contribution in [0.5, 0.6) is 0 Å². The molecule has 0 aromatic heterocycles. The smallest absolute Gasteiger partial charge is 0.240 e. The fourth-order valence-corrected chi connectivity index (χ4v) is 3.49. The first kappa shape index (κ1) is 17.9. The molecule has 0 saturated carbocycles. The van der Waals surface area contributed by atoms with E-state index in [2.05, 4.69) is 4.72 Å². The van der Waals surface area contributed by atoms with Crippen LogP contribution in [0.1, 0.15) is 37.3 Å². The van der Waals surface area contributed by atoms with Crippen molar-refractivity contribution in [2.45, 2.75) is 44.9 Å². The van der Waals surface area contributed by atoms with E-state index in [4.69, 9.17) is 10.8 Å². The SMILES string of the molecule is CCCC(CCO)CNS(=O)(=O)c1cc(C)c(C)c(N)c1. The van der Waals surface area contributed by atoms with Crippen molar-refractivity contribution in [3.05, 3.63) is 23.3 Å². The van der Waals surface area contributed by atoms with E-state index < -0.39 is 10.0 Å². The molecule has 0 heterocycles. The number of anilines is 1. The summed E-state index contributed by atoms with van der Waals surface area (Å²) in [6, 6.07) is 3.13. The highest BCUT2D eigenvalue weighted by Crippen LogP contribution is 2.21. The van der Waals surface area contributed by atoms with Crippen molar-refractivity contribution in [3.8, 4) is 0 Å². The third-order valence-electron chi connectivity index (χ3n) is 3.79. The van der Waals surface area contributed by atoms with Gasteiger partial charge in [-0.2, -0.15) is 0 Å². The molecule has 1 aromatic carbocycles. The maximum absolute atomic E-state index is 12.3. The minimum atomic E-state index is -3.57. The molecule has 1 unspecified atom stereocenters. The molecular weight excluding hydrogens is 288 g/mol. The lowest BCUT2D eigenvalue weighted by molar-refractivity contribution is 0.251. The van der Waals surface area contributed by atoms with Crippen LogP contribution in [0.3, 0.4) is 0 Å². The van der Waals surface area contributed by atoms with E-state index in [1.165, 1.54) is 6.07 Å². The normalized spacial score (nSPS) is 13.3. The Hall–Kier alpha value is -1.11. The van der Waals surface area contributed by atoms with Crippen molar-refractivity contribution in [2.24, 2.45) is 5.92 Å². The summed E-state index contributed by atoms with van der Waals surface area (Å²) >= 11 is 0. The van der Waals surface area contributed by atoms with Crippen LogP contribution in [0.4, 0.5) is 5.69 Å². The van der Waals surface area contributed by atoms with E-state index in [1.54, 1.807) is 6.07 Å². The molecule has 0 saturated heterocycles. The highest BCUT2D eigenvalue weighted by molar-refractivity contribution is 7.89. The van der Waals surface area contributed by atoms with Gasteiger partial charge >= 0.3 is 0 Å². The van der Waals surface area contributed by atoms with E-state index in [0.717, 1.165) is 24.0 Å². The second-order valence-corrected chi connectivity index (χ2v) is 7.24. The summed E-state index contributed by atoms with van der Waals surface area (Å²) in [5, 5.41) is 9.02. The third kappa shape index (κ3) is 4.98. The number of aliphatic hydroxyl groups excluding tert-OH is 1. The molecule has 4 N–H and O–H groups in total. The van der Waals surface area contributed by atoms with Crippen molar-refractivity contribution in [1.82, 2.24) is 4.72 Å². The Balaban J connectivity index is 2.86. The molecule has 0 amide bonds. The first-order valence-electron chi connectivity index (χ1n) is 7.29. The molecule has 0 aliphatic heterocycles. The van der Waals surface area contributed by atoms with Crippen LogP contribution in [0.25, 0.3) is 0 Å². The van der Waals surface area contributed by atoms with Gasteiger partial charge in [0.25, 0.3) is 0 Å². The molecule has 0 aliphatic carbocycles. The largest absolute Gasteiger partial charge is 0.398 e. The summed E-state index contributed by atoms with van der Waals surface area (Å²) in [6.45, 7) is 6.17. The van der Waals surface area contributed by atoms with Gasteiger partial charge in [-0.3, -0.25) is 0 Å². The number of hydrogen-bond acceptors (Lipinski definition) is 4. The van der Waals surface area contributed by atoms with Gasteiger partial charge in [0.15, 0.2) is 0 Å². The van der Waals surface area contributed by atoms with Gasteiger partial charge in [-0.1, -0.05) is 13.3 Å².